The van der Waals surface area contributed by atoms with Crippen molar-refractivity contribution in [2.24, 2.45) is 22.4 Å². The number of carbonyl (C=O) groups excluding carboxylic acids is 6. The fourth-order valence-electron chi connectivity index (χ4n) is 6.61. The number of carboxylic acids is 1. The van der Waals surface area contributed by atoms with Crippen LogP contribution in [0.5, 0.6) is 5.75 Å². The number of aliphatic carboxylic acids is 1. The molecular formula is C42H62N10O9. The Balaban J connectivity index is 1.97. The summed E-state index contributed by atoms with van der Waals surface area (Å²) in [6.07, 6.45) is 1.85. The normalized spacial score (nSPS) is 22.1. The van der Waals surface area contributed by atoms with Crippen LogP contribution in [0.25, 0.3) is 0 Å². The Morgan fingerprint density at radius 3 is 2.21 bits per heavy atom. The van der Waals surface area contributed by atoms with E-state index in [1.807, 2.05) is 37.3 Å². The number of nitrogens with one attached hydrogen (secondary N) is 6. The van der Waals surface area contributed by atoms with E-state index in [9.17, 15) is 43.8 Å². The molecule has 1 heterocycles. The molecule has 2 aromatic rings. The van der Waals surface area contributed by atoms with Crippen LogP contribution in [0.4, 0.5) is 4.79 Å². The molecule has 0 saturated carbocycles. The Kier molecular flexibility index (Phi) is 19.8. The minimum absolute atomic E-state index is 0.0152. The predicted molar refractivity (Wildman–Crippen MR) is 228 cm³/mol. The number of aryl methyl sites for hydroxylation is 1. The Labute approximate surface area is 356 Å². The van der Waals surface area contributed by atoms with E-state index < -0.39 is 83.7 Å². The fourth-order valence-corrected chi connectivity index (χ4v) is 6.61. The highest BCUT2D eigenvalue weighted by atomic mass is 16.4. The van der Waals surface area contributed by atoms with Gasteiger partial charge in [0.2, 0.25) is 29.5 Å². The third-order valence-corrected chi connectivity index (χ3v) is 10.7. The van der Waals surface area contributed by atoms with Gasteiger partial charge in [0.25, 0.3) is 0 Å². The van der Waals surface area contributed by atoms with Crippen LogP contribution in [0.3, 0.4) is 0 Å². The van der Waals surface area contributed by atoms with Gasteiger partial charge < -0.3 is 58.5 Å². The molecule has 0 aliphatic carbocycles. The van der Waals surface area contributed by atoms with Gasteiger partial charge in [-0.15, -0.1) is 0 Å². The molecule has 334 valence electrons. The number of benzene rings is 2. The maximum Gasteiger partial charge on any atom is 0.326 e. The van der Waals surface area contributed by atoms with Crippen LogP contribution in [0.1, 0.15) is 76.8 Å². The lowest BCUT2D eigenvalue weighted by molar-refractivity contribution is -0.142. The third kappa shape index (κ3) is 16.3. The van der Waals surface area contributed by atoms with Crippen LogP contribution in [-0.4, -0.2) is 119 Å². The molecule has 7 atom stereocenters. The number of nitrogens with two attached hydrogens (primary N) is 2. The molecule has 19 nitrogen and oxygen atoms in total. The number of guanidine groups is 1. The Hall–Kier alpha value is -6.40. The summed E-state index contributed by atoms with van der Waals surface area (Å²) in [7, 11) is 1.43. The zero-order valence-corrected chi connectivity index (χ0v) is 35.3. The minimum Gasteiger partial charge on any atom is -0.508 e. The lowest BCUT2D eigenvalue weighted by Gasteiger charge is -2.32. The van der Waals surface area contributed by atoms with Crippen molar-refractivity contribution in [2.45, 2.75) is 115 Å². The molecule has 0 aromatic heterocycles. The molecule has 0 radical (unpaired) electrons. The number of hydrogen-bond donors (Lipinski definition) is 10. The third-order valence-electron chi connectivity index (χ3n) is 10.7. The number of carboxylic acid groups (broad SMARTS) is 1. The van der Waals surface area contributed by atoms with Crippen LogP contribution < -0.4 is 43.4 Å². The molecule has 12 N–H and O–H groups in total. The maximum atomic E-state index is 14.2. The van der Waals surface area contributed by atoms with Gasteiger partial charge in [-0.1, -0.05) is 62.7 Å². The number of phenolic OH excluding ortho intramolecular Hbond substituents is 1. The molecule has 2 aromatic carbocycles. The Morgan fingerprint density at radius 1 is 0.902 bits per heavy atom. The van der Waals surface area contributed by atoms with Gasteiger partial charge >= 0.3 is 12.0 Å². The highest BCUT2D eigenvalue weighted by Crippen LogP contribution is 2.16. The van der Waals surface area contributed by atoms with Crippen molar-refractivity contribution < 1.29 is 43.8 Å². The van der Waals surface area contributed by atoms with Crippen LogP contribution in [-0.2, 0) is 41.6 Å². The number of aliphatic imine (C=N–C) groups is 1. The number of rotatable bonds is 14. The first-order chi connectivity index (χ1) is 29.0. The maximum absolute atomic E-state index is 14.2. The van der Waals surface area contributed by atoms with E-state index in [0.29, 0.717) is 19.3 Å². The quantitative estimate of drug-likeness (QED) is 0.0705. The monoisotopic (exact) mass is 850 g/mol. The van der Waals surface area contributed by atoms with Gasteiger partial charge in [0.1, 0.15) is 42.0 Å². The first-order valence-corrected chi connectivity index (χ1v) is 20.6. The van der Waals surface area contributed by atoms with Gasteiger partial charge in [0.15, 0.2) is 5.96 Å². The molecule has 1 fully saturated rings. The lowest BCUT2D eigenvalue weighted by Crippen LogP contribution is -2.60. The van der Waals surface area contributed by atoms with Crippen molar-refractivity contribution in [1.29, 1.82) is 0 Å². The molecule has 0 bridgehead atoms. The second-order valence-electron chi connectivity index (χ2n) is 15.3. The summed E-state index contributed by atoms with van der Waals surface area (Å²) in [5.41, 5.74) is 12.2. The summed E-state index contributed by atoms with van der Waals surface area (Å²) < 4.78 is 0. The SMILES string of the molecule is CCC(C)C1NC(=O)C(NC(=O)N[C@@H](CCCN=C(N)N)C(=O)O)CCCCNC(=O)[C@H](Cc2ccccc2)NC(=O)[C@H](C)N(C)C(=O)C(CCc2ccc(O)cc2)NC1=O. The van der Waals surface area contributed by atoms with Gasteiger partial charge in [-0.3, -0.25) is 29.0 Å². The Morgan fingerprint density at radius 2 is 1.57 bits per heavy atom. The number of hydrogen-bond acceptors (Lipinski definition) is 9. The van der Waals surface area contributed by atoms with Gasteiger partial charge in [-0.2, -0.15) is 0 Å². The van der Waals surface area contributed by atoms with Crippen molar-refractivity contribution in [1.82, 2.24) is 36.8 Å². The number of nitrogens with zero attached hydrogens (tertiary/aromatic N) is 2. The molecule has 19 heteroatoms. The second-order valence-corrected chi connectivity index (χ2v) is 15.3. The summed E-state index contributed by atoms with van der Waals surface area (Å²) in [6.45, 7) is 5.36. The van der Waals surface area contributed by atoms with E-state index in [1.54, 1.807) is 19.1 Å². The topological polar surface area (TPSA) is 300 Å². The summed E-state index contributed by atoms with van der Waals surface area (Å²) >= 11 is 0. The lowest BCUT2D eigenvalue weighted by atomic mass is 9.96. The zero-order valence-electron chi connectivity index (χ0n) is 35.3. The standard InChI is InChI=1S/C42H62N10O9/c1-5-25(2)34-38(57)47-31(21-18-27-16-19-29(53)20-17-27)39(58)52(4)26(3)35(54)48-33(24-28-12-7-6-8-13-28)36(55)45-22-10-9-14-30(37(56)51-34)49-42(61)50-32(40(59)60)15-11-23-46-41(43)44/h6-8,12-13,16-17,19-20,25-26,30-34,53H,5,9-11,14-15,18,21-24H2,1-4H3,(H,45,55)(H,47,57)(H,48,54)(H,51,56)(H,59,60)(H4,43,44,46)(H2,49,50,61)/t25?,26-,30?,31?,32-,33-,34?/m0/s1. The summed E-state index contributed by atoms with van der Waals surface area (Å²) in [4.78, 5) is 100. The van der Waals surface area contributed by atoms with Crippen molar-refractivity contribution in [2.75, 3.05) is 20.1 Å². The molecule has 1 saturated heterocycles. The number of aromatic hydroxyl groups is 1. The first-order valence-electron chi connectivity index (χ1n) is 20.6. The largest absolute Gasteiger partial charge is 0.508 e. The predicted octanol–water partition coefficient (Wildman–Crippen LogP) is 0.390. The summed E-state index contributed by atoms with van der Waals surface area (Å²) in [5.74, 6) is -4.96. The van der Waals surface area contributed by atoms with Crippen molar-refractivity contribution >= 4 is 47.5 Å². The zero-order chi connectivity index (χ0) is 45.1. The Bertz CT molecular complexity index is 1820. The number of likely N-dealkylation sites (N-methyl/N-ethyl adjacent to an activating group) is 1. The van der Waals surface area contributed by atoms with E-state index in [-0.39, 0.29) is 63.3 Å². The number of phenols is 1. The van der Waals surface area contributed by atoms with Crippen LogP contribution in [0, 0.1) is 5.92 Å². The van der Waals surface area contributed by atoms with Gasteiger partial charge in [0.05, 0.1) is 0 Å². The second kappa shape index (κ2) is 24.6. The van der Waals surface area contributed by atoms with E-state index >= 15 is 0 Å². The van der Waals surface area contributed by atoms with E-state index in [1.165, 1.54) is 31.0 Å². The minimum atomic E-state index is -1.34. The molecule has 1 aliphatic heterocycles. The fraction of sp³-hybridized carbons (Fsp3) is 0.524. The first kappa shape index (κ1) is 49.0. The number of carbonyl (C=O) groups is 7. The van der Waals surface area contributed by atoms with Crippen LogP contribution >= 0.6 is 0 Å². The van der Waals surface area contributed by atoms with Gasteiger partial charge in [-0.05, 0) is 81.0 Å². The van der Waals surface area contributed by atoms with E-state index in [4.69, 9.17) is 11.5 Å². The highest BCUT2D eigenvalue weighted by Gasteiger charge is 2.36. The van der Waals surface area contributed by atoms with Crippen molar-refractivity contribution in [3.8, 4) is 5.75 Å². The van der Waals surface area contributed by atoms with Gasteiger partial charge in [-0.25, -0.2) is 9.59 Å². The average Bonchev–Trinajstić information content (AvgIpc) is 3.23. The average molecular weight is 851 g/mol. The van der Waals surface area contributed by atoms with Crippen molar-refractivity contribution in [3.63, 3.8) is 0 Å². The van der Waals surface area contributed by atoms with Gasteiger partial charge in [0, 0.05) is 26.6 Å². The number of urea groups is 1. The molecule has 1 aliphatic rings. The summed E-state index contributed by atoms with van der Waals surface area (Å²) in [6, 6.07) is 7.46. The molecular weight excluding hydrogens is 789 g/mol. The highest BCUT2D eigenvalue weighted by molar-refractivity contribution is 5.96. The molecule has 7 amide bonds. The van der Waals surface area contributed by atoms with Crippen LogP contribution in [0.15, 0.2) is 59.6 Å². The smallest absolute Gasteiger partial charge is 0.326 e. The van der Waals surface area contributed by atoms with E-state index in [0.717, 1.165) is 11.1 Å². The van der Waals surface area contributed by atoms with Crippen LogP contribution in [0.2, 0.25) is 0 Å². The van der Waals surface area contributed by atoms with Crippen molar-refractivity contribution in [3.05, 3.63) is 65.7 Å². The number of amides is 7. The summed E-state index contributed by atoms with van der Waals surface area (Å²) in [5, 5.41) is 35.7. The molecule has 4 unspecified atom stereocenters. The molecule has 61 heavy (non-hydrogen) atoms. The molecule has 0 spiro atoms. The van der Waals surface area contributed by atoms with E-state index in [2.05, 4.69) is 36.9 Å². The molecule has 3 rings (SSSR count).